The number of aryl methyl sites for hydroxylation is 2. The molecule has 0 aliphatic carbocycles. The number of aromatic nitrogens is 3. The fourth-order valence-corrected chi connectivity index (χ4v) is 9.05. The van der Waals surface area contributed by atoms with Crippen LogP contribution >= 0.6 is 11.3 Å². The molecule has 2 unspecified atom stereocenters. The van der Waals surface area contributed by atoms with Crippen molar-refractivity contribution >= 4 is 31.5 Å². The fraction of sp³-hybridized carbons (Fsp3) is 0.114. The summed E-state index contributed by atoms with van der Waals surface area (Å²) >= 11 is 1.88. The van der Waals surface area contributed by atoms with E-state index in [1.165, 1.54) is 70.6 Å². The second-order valence-electron chi connectivity index (χ2n) is 12.9. The van der Waals surface area contributed by atoms with Crippen molar-refractivity contribution in [3.8, 4) is 33.8 Å². The Labute approximate surface area is 285 Å². The molecule has 230 valence electrons. The van der Waals surface area contributed by atoms with Gasteiger partial charge in [0.05, 0.1) is 5.56 Å². The van der Waals surface area contributed by atoms with Crippen LogP contribution in [0, 0.1) is 13.8 Å². The van der Waals surface area contributed by atoms with Gasteiger partial charge in [0.15, 0.2) is 18.6 Å². The molecule has 0 amide bonds. The highest BCUT2D eigenvalue weighted by Crippen LogP contribution is 2.40. The van der Waals surface area contributed by atoms with Crippen LogP contribution in [0.15, 0.2) is 158 Å². The van der Waals surface area contributed by atoms with Crippen molar-refractivity contribution in [1.29, 1.82) is 0 Å². The largest absolute Gasteiger partial charge is 0.282 e. The Hall–Kier alpha value is -5.45. The molecule has 4 heteroatoms. The van der Waals surface area contributed by atoms with Crippen LogP contribution in [0.1, 0.15) is 28.8 Å². The zero-order valence-corrected chi connectivity index (χ0v) is 27.9. The van der Waals surface area contributed by atoms with E-state index in [0.717, 1.165) is 6.54 Å². The van der Waals surface area contributed by atoms with Crippen LogP contribution in [0.2, 0.25) is 0 Å². The lowest BCUT2D eigenvalue weighted by Gasteiger charge is -2.19. The highest BCUT2D eigenvalue weighted by atomic mass is 32.1. The predicted octanol–water partition coefficient (Wildman–Crippen LogP) is 9.38. The third-order valence-corrected chi connectivity index (χ3v) is 11.2. The molecule has 0 fully saturated rings. The molecule has 4 aromatic carbocycles. The summed E-state index contributed by atoms with van der Waals surface area (Å²) in [6.45, 7) is 5.26. The molecule has 0 radical (unpaired) electrons. The molecule has 2 atom stereocenters. The molecule has 8 aromatic rings. The first kappa shape index (κ1) is 28.7. The number of hydrogen-bond donors (Lipinski definition) is 0. The minimum Gasteiger partial charge on any atom is -0.191 e. The van der Waals surface area contributed by atoms with Crippen LogP contribution < -0.4 is 13.7 Å². The minimum absolute atomic E-state index is 0.0628. The van der Waals surface area contributed by atoms with Gasteiger partial charge in [-0.2, -0.15) is 13.7 Å². The smallest absolute Gasteiger partial charge is 0.191 e. The van der Waals surface area contributed by atoms with Gasteiger partial charge in [0, 0.05) is 73.3 Å². The highest BCUT2D eigenvalue weighted by molar-refractivity contribution is 7.25. The molecule has 4 aromatic heterocycles. The normalized spacial score (nSPS) is 14.2. The summed E-state index contributed by atoms with van der Waals surface area (Å²) in [7, 11) is 0. The number of benzene rings is 4. The van der Waals surface area contributed by atoms with E-state index >= 15 is 0 Å². The van der Waals surface area contributed by atoms with Crippen LogP contribution in [-0.2, 0) is 6.54 Å². The molecule has 0 bridgehead atoms. The van der Waals surface area contributed by atoms with Gasteiger partial charge in [0.1, 0.15) is 0 Å². The van der Waals surface area contributed by atoms with E-state index in [9.17, 15) is 0 Å². The fourth-order valence-electron chi connectivity index (χ4n) is 7.86. The van der Waals surface area contributed by atoms with Crippen molar-refractivity contribution in [3.63, 3.8) is 0 Å². The third-order valence-electron chi connectivity index (χ3n) is 10.1. The number of hydrogen-bond acceptors (Lipinski definition) is 1. The Bertz CT molecular complexity index is 2450. The standard InChI is InChI=1S/C44H36N3S/c1-30-15-3-4-16-32(30)39-21-10-13-25-46(39)41(44-35-19-6-5-17-33(35)40-22-11-14-26-47(40)44)29-45-24-12-9-20-38(45)36-28-37-34-18-7-8-23-42(34)48-43(37)27-31(36)2/h3-28,41,44H,29H2,1-2H3/q+3. The first-order chi connectivity index (χ1) is 23.7. The van der Waals surface area contributed by atoms with Crippen LogP contribution in [0.25, 0.3) is 53.9 Å². The molecule has 1 aliphatic heterocycles. The van der Waals surface area contributed by atoms with Gasteiger partial charge in [-0.1, -0.05) is 54.6 Å². The van der Waals surface area contributed by atoms with Crippen molar-refractivity contribution in [2.24, 2.45) is 0 Å². The summed E-state index contributed by atoms with van der Waals surface area (Å²) in [4.78, 5) is 0. The summed E-state index contributed by atoms with van der Waals surface area (Å²) in [5, 5.41) is 2.66. The quantitative estimate of drug-likeness (QED) is 0.161. The van der Waals surface area contributed by atoms with Crippen molar-refractivity contribution in [2.75, 3.05) is 0 Å². The second kappa shape index (κ2) is 11.7. The lowest BCUT2D eigenvalue weighted by Crippen LogP contribution is -2.58. The molecule has 3 nitrogen and oxygen atoms in total. The van der Waals surface area contributed by atoms with E-state index in [1.54, 1.807) is 0 Å². The SMILES string of the molecule is Cc1cc2sc3ccccc3c2cc1-c1cccc[n+]1CC(C1c2ccccc2-c2cccc[n+]21)[n+]1ccccc1-c1ccccc1C. The number of pyridine rings is 3. The van der Waals surface area contributed by atoms with E-state index in [4.69, 9.17) is 0 Å². The maximum atomic E-state index is 2.53. The summed E-state index contributed by atoms with van der Waals surface area (Å²) in [5.74, 6) is 0. The Morgan fingerprint density at radius 2 is 1.23 bits per heavy atom. The Kier molecular flexibility index (Phi) is 6.98. The minimum atomic E-state index is 0.0628. The van der Waals surface area contributed by atoms with E-state index in [-0.39, 0.29) is 12.1 Å². The number of nitrogens with zero attached hydrogens (tertiary/aromatic N) is 3. The van der Waals surface area contributed by atoms with Crippen LogP contribution in [-0.4, -0.2) is 0 Å². The van der Waals surface area contributed by atoms with E-state index < -0.39 is 0 Å². The zero-order chi connectivity index (χ0) is 32.2. The van der Waals surface area contributed by atoms with E-state index in [0.29, 0.717) is 0 Å². The van der Waals surface area contributed by atoms with Gasteiger partial charge >= 0.3 is 0 Å². The summed E-state index contributed by atoms with van der Waals surface area (Å²) < 4.78 is 10.2. The molecule has 1 aliphatic rings. The maximum absolute atomic E-state index is 2.53. The second-order valence-corrected chi connectivity index (χ2v) is 14.0. The number of rotatable bonds is 6. The predicted molar refractivity (Wildman–Crippen MR) is 196 cm³/mol. The maximum Gasteiger partial charge on any atom is 0.282 e. The first-order valence-electron chi connectivity index (χ1n) is 16.7. The van der Waals surface area contributed by atoms with E-state index in [1.807, 2.05) is 11.3 Å². The highest BCUT2D eigenvalue weighted by Gasteiger charge is 2.49. The van der Waals surface area contributed by atoms with Crippen LogP contribution in [0.3, 0.4) is 0 Å². The number of fused-ring (bicyclic) bond motifs is 6. The molecule has 9 rings (SSSR count). The molecule has 0 spiro atoms. The Morgan fingerprint density at radius 1 is 0.542 bits per heavy atom. The average Bonchev–Trinajstić information content (AvgIpc) is 3.66. The Balaban J connectivity index is 1.26. The summed E-state index contributed by atoms with van der Waals surface area (Å²) in [5.41, 5.74) is 11.5. The van der Waals surface area contributed by atoms with Gasteiger partial charge in [0.25, 0.3) is 12.1 Å². The van der Waals surface area contributed by atoms with Gasteiger partial charge in [0.2, 0.25) is 23.6 Å². The summed E-state index contributed by atoms with van der Waals surface area (Å²) in [6.07, 6.45) is 6.82. The van der Waals surface area contributed by atoms with E-state index in [2.05, 4.69) is 186 Å². The molecule has 0 saturated carbocycles. The molecule has 5 heterocycles. The monoisotopic (exact) mass is 638 g/mol. The third kappa shape index (κ3) is 4.67. The summed E-state index contributed by atoms with van der Waals surface area (Å²) in [6, 6.07) is 51.3. The molecule has 0 saturated heterocycles. The van der Waals surface area contributed by atoms with Gasteiger partial charge in [-0.3, -0.25) is 0 Å². The molecular formula is C44H36N3S+3. The Morgan fingerprint density at radius 3 is 2.10 bits per heavy atom. The van der Waals surface area contributed by atoms with Gasteiger partial charge < -0.3 is 0 Å². The first-order valence-corrected chi connectivity index (χ1v) is 17.5. The topological polar surface area (TPSA) is 11.6 Å². The van der Waals surface area contributed by atoms with Crippen LogP contribution in [0.4, 0.5) is 0 Å². The lowest BCUT2D eigenvalue weighted by molar-refractivity contribution is -0.838. The van der Waals surface area contributed by atoms with Crippen molar-refractivity contribution in [1.82, 2.24) is 0 Å². The van der Waals surface area contributed by atoms with Crippen LogP contribution in [0.5, 0.6) is 0 Å². The van der Waals surface area contributed by atoms with Crippen molar-refractivity contribution in [2.45, 2.75) is 32.5 Å². The average molecular weight is 639 g/mol. The van der Waals surface area contributed by atoms with Crippen molar-refractivity contribution < 1.29 is 13.7 Å². The zero-order valence-electron chi connectivity index (χ0n) is 27.1. The molecule has 48 heavy (non-hydrogen) atoms. The molecule has 0 N–H and O–H groups in total. The van der Waals surface area contributed by atoms with Gasteiger partial charge in [-0.05, 0) is 73.5 Å². The molecular weight excluding hydrogens is 603 g/mol. The number of thiophene rings is 1. The van der Waals surface area contributed by atoms with Gasteiger partial charge in [-0.25, -0.2) is 0 Å². The van der Waals surface area contributed by atoms with Gasteiger partial charge in [-0.15, -0.1) is 11.3 Å². The van der Waals surface area contributed by atoms with Crippen molar-refractivity contribution in [3.05, 3.63) is 175 Å². The lowest BCUT2D eigenvalue weighted by atomic mass is 9.95.